The van der Waals surface area contributed by atoms with Crippen LogP contribution in [-0.4, -0.2) is 11.3 Å². The molecular weight excluding hydrogens is 339 g/mol. The predicted octanol–water partition coefficient (Wildman–Crippen LogP) is 3.88. The minimum atomic E-state index is -5.09. The van der Waals surface area contributed by atoms with Gasteiger partial charge < -0.3 is 4.74 Å². The molecule has 1 heterocycles. The zero-order valence-corrected chi connectivity index (χ0v) is 10.7. The van der Waals surface area contributed by atoms with E-state index in [1.165, 1.54) is 0 Å². The fourth-order valence-electron chi connectivity index (χ4n) is 1.29. The highest BCUT2D eigenvalue weighted by atomic mass is 79.9. The van der Waals surface area contributed by atoms with Crippen molar-refractivity contribution in [3.8, 4) is 11.8 Å². The van der Waals surface area contributed by atoms with Crippen molar-refractivity contribution in [1.82, 2.24) is 4.98 Å². The van der Waals surface area contributed by atoms with E-state index >= 15 is 0 Å². The summed E-state index contributed by atoms with van der Waals surface area (Å²) in [4.78, 5) is 3.39. The molecule has 0 saturated heterocycles. The lowest BCUT2D eigenvalue weighted by molar-refractivity contribution is -0.275. The molecule has 0 aliphatic carbocycles. The highest BCUT2D eigenvalue weighted by Crippen LogP contribution is 2.33. The molecule has 19 heavy (non-hydrogen) atoms. The first-order valence-electron chi connectivity index (χ1n) is 4.78. The molecular formula is C10H6BrF5N2O. The van der Waals surface area contributed by atoms with Crippen LogP contribution in [0.1, 0.15) is 23.4 Å². The SMILES string of the molecule is N#CCc1nc(C(F)F)c(OC(F)(F)F)cc1CBr. The lowest BCUT2D eigenvalue weighted by Crippen LogP contribution is -2.19. The summed E-state index contributed by atoms with van der Waals surface area (Å²) >= 11 is 2.98. The van der Waals surface area contributed by atoms with Gasteiger partial charge in [0, 0.05) is 5.33 Å². The number of nitrogens with zero attached hydrogens (tertiary/aromatic N) is 2. The van der Waals surface area contributed by atoms with E-state index in [-0.39, 0.29) is 23.0 Å². The number of nitriles is 1. The van der Waals surface area contributed by atoms with Crippen LogP contribution in [0.5, 0.6) is 5.75 Å². The van der Waals surface area contributed by atoms with Crippen LogP contribution in [0.2, 0.25) is 0 Å². The fraction of sp³-hybridized carbons (Fsp3) is 0.400. The third-order valence-electron chi connectivity index (χ3n) is 2.01. The molecule has 0 saturated carbocycles. The fourth-order valence-corrected chi connectivity index (χ4v) is 1.78. The minimum Gasteiger partial charge on any atom is -0.404 e. The summed E-state index contributed by atoms with van der Waals surface area (Å²) in [7, 11) is 0. The Bertz CT molecular complexity index is 498. The zero-order valence-electron chi connectivity index (χ0n) is 9.14. The topological polar surface area (TPSA) is 45.9 Å². The summed E-state index contributed by atoms with van der Waals surface area (Å²) in [5.74, 6) is -1.06. The van der Waals surface area contributed by atoms with Gasteiger partial charge in [-0.05, 0) is 11.6 Å². The normalized spacial score (nSPS) is 11.5. The molecule has 1 aromatic heterocycles. The van der Waals surface area contributed by atoms with Crippen molar-refractivity contribution < 1.29 is 26.7 Å². The maximum absolute atomic E-state index is 12.7. The van der Waals surface area contributed by atoms with Crippen molar-refractivity contribution in [1.29, 1.82) is 5.26 Å². The first kappa shape index (κ1) is 15.6. The number of hydrogen-bond acceptors (Lipinski definition) is 3. The highest BCUT2D eigenvalue weighted by molar-refractivity contribution is 9.08. The summed E-state index contributed by atoms with van der Waals surface area (Å²) in [5, 5.41) is 8.59. The predicted molar refractivity (Wildman–Crippen MR) is 57.8 cm³/mol. The van der Waals surface area contributed by atoms with E-state index in [2.05, 4.69) is 25.7 Å². The van der Waals surface area contributed by atoms with Gasteiger partial charge in [-0.25, -0.2) is 13.8 Å². The van der Waals surface area contributed by atoms with Crippen LogP contribution in [0.3, 0.4) is 0 Å². The molecule has 0 aliphatic rings. The van der Waals surface area contributed by atoms with Crippen molar-refractivity contribution in [2.75, 3.05) is 0 Å². The molecule has 0 amide bonds. The average Bonchev–Trinajstić information content (AvgIpc) is 2.28. The van der Waals surface area contributed by atoms with Crippen LogP contribution in [0, 0.1) is 11.3 Å². The van der Waals surface area contributed by atoms with Gasteiger partial charge in [-0.15, -0.1) is 13.2 Å². The number of ether oxygens (including phenoxy) is 1. The second-order valence-electron chi connectivity index (χ2n) is 3.29. The molecule has 3 nitrogen and oxygen atoms in total. The van der Waals surface area contributed by atoms with Crippen molar-refractivity contribution in [2.45, 2.75) is 24.5 Å². The Labute approximate surface area is 113 Å². The molecule has 1 rings (SSSR count). The van der Waals surface area contributed by atoms with E-state index < -0.39 is 24.2 Å². The molecule has 0 unspecified atom stereocenters. The van der Waals surface area contributed by atoms with Crippen LogP contribution in [0.4, 0.5) is 22.0 Å². The van der Waals surface area contributed by atoms with Gasteiger partial charge in [0.1, 0.15) is 5.69 Å². The van der Waals surface area contributed by atoms with Crippen molar-refractivity contribution in [3.05, 3.63) is 23.0 Å². The third-order valence-corrected chi connectivity index (χ3v) is 2.61. The van der Waals surface area contributed by atoms with Crippen molar-refractivity contribution in [3.63, 3.8) is 0 Å². The van der Waals surface area contributed by atoms with Crippen LogP contribution in [0.25, 0.3) is 0 Å². The van der Waals surface area contributed by atoms with Gasteiger partial charge in [-0.1, -0.05) is 15.9 Å². The van der Waals surface area contributed by atoms with Gasteiger partial charge in [0.2, 0.25) is 0 Å². The first-order chi connectivity index (χ1) is 8.78. The molecule has 0 spiro atoms. The minimum absolute atomic E-state index is 0.0100. The molecule has 0 aliphatic heterocycles. The second-order valence-corrected chi connectivity index (χ2v) is 3.86. The Morgan fingerprint density at radius 1 is 1.42 bits per heavy atom. The molecule has 0 N–H and O–H groups in total. The summed E-state index contributed by atoms with van der Waals surface area (Å²) in [6.07, 6.45) is -8.61. The Kier molecular flexibility index (Phi) is 5.05. The van der Waals surface area contributed by atoms with Crippen molar-refractivity contribution >= 4 is 15.9 Å². The number of pyridine rings is 1. The molecule has 1 aromatic rings. The smallest absolute Gasteiger partial charge is 0.404 e. The van der Waals surface area contributed by atoms with E-state index in [0.717, 1.165) is 6.07 Å². The van der Waals surface area contributed by atoms with E-state index in [4.69, 9.17) is 5.26 Å². The summed E-state index contributed by atoms with van der Waals surface area (Å²) in [6, 6.07) is 2.51. The number of halogens is 6. The maximum Gasteiger partial charge on any atom is 0.573 e. The molecule has 0 bridgehead atoms. The van der Waals surface area contributed by atoms with Gasteiger partial charge in [0.25, 0.3) is 6.43 Å². The van der Waals surface area contributed by atoms with Gasteiger partial charge in [-0.3, -0.25) is 0 Å². The van der Waals surface area contributed by atoms with E-state index in [0.29, 0.717) is 0 Å². The highest BCUT2D eigenvalue weighted by Gasteiger charge is 2.34. The van der Waals surface area contributed by atoms with Crippen LogP contribution in [0.15, 0.2) is 6.07 Å². The van der Waals surface area contributed by atoms with Crippen LogP contribution >= 0.6 is 15.9 Å². The van der Waals surface area contributed by atoms with Gasteiger partial charge in [0.05, 0.1) is 18.2 Å². The summed E-state index contributed by atoms with van der Waals surface area (Å²) in [5.41, 5.74) is -0.957. The number of rotatable bonds is 4. The molecule has 0 radical (unpaired) electrons. The molecule has 0 fully saturated rings. The first-order valence-corrected chi connectivity index (χ1v) is 5.90. The Morgan fingerprint density at radius 2 is 2.05 bits per heavy atom. The Morgan fingerprint density at radius 3 is 2.47 bits per heavy atom. The van der Waals surface area contributed by atoms with Gasteiger partial charge >= 0.3 is 6.36 Å². The maximum atomic E-state index is 12.7. The summed E-state index contributed by atoms with van der Waals surface area (Å²) in [6.45, 7) is 0. The Balaban J connectivity index is 3.32. The Hall–Kier alpha value is -1.43. The number of hydrogen-bond donors (Lipinski definition) is 0. The zero-order chi connectivity index (χ0) is 14.6. The molecule has 104 valence electrons. The van der Waals surface area contributed by atoms with Gasteiger partial charge in [-0.2, -0.15) is 5.26 Å². The van der Waals surface area contributed by atoms with Crippen molar-refractivity contribution in [2.24, 2.45) is 0 Å². The van der Waals surface area contributed by atoms with E-state index in [1.54, 1.807) is 6.07 Å². The second kappa shape index (κ2) is 6.14. The monoisotopic (exact) mass is 344 g/mol. The van der Waals surface area contributed by atoms with E-state index in [9.17, 15) is 22.0 Å². The lowest BCUT2D eigenvalue weighted by atomic mass is 10.1. The quantitative estimate of drug-likeness (QED) is 0.615. The lowest BCUT2D eigenvalue weighted by Gasteiger charge is -2.15. The molecule has 0 atom stereocenters. The molecule has 9 heteroatoms. The standard InChI is InChI=1S/C10H6BrF5N2O/c11-4-5-3-7(19-10(14,15)16)8(9(12)13)18-6(5)1-2-17/h3,9H,1,4H2. The average molecular weight is 345 g/mol. The summed E-state index contributed by atoms with van der Waals surface area (Å²) < 4.78 is 65.2. The van der Waals surface area contributed by atoms with Crippen LogP contribution in [-0.2, 0) is 11.8 Å². The number of alkyl halides is 6. The number of aromatic nitrogens is 1. The van der Waals surface area contributed by atoms with Gasteiger partial charge in [0.15, 0.2) is 5.75 Å². The largest absolute Gasteiger partial charge is 0.573 e. The van der Waals surface area contributed by atoms with E-state index in [1.807, 2.05) is 0 Å². The molecule has 0 aromatic carbocycles. The van der Waals surface area contributed by atoms with Crippen LogP contribution < -0.4 is 4.74 Å². The third kappa shape index (κ3) is 4.31.